The lowest BCUT2D eigenvalue weighted by Crippen LogP contribution is -2.34. The molecule has 0 saturated carbocycles. The molecule has 1 aliphatic heterocycles. The van der Waals surface area contributed by atoms with Crippen molar-refractivity contribution in [3.63, 3.8) is 0 Å². The van der Waals surface area contributed by atoms with Crippen LogP contribution >= 0.6 is 0 Å². The van der Waals surface area contributed by atoms with Gasteiger partial charge >= 0.3 is 0 Å². The number of rotatable bonds is 0. The van der Waals surface area contributed by atoms with Crippen molar-refractivity contribution >= 4 is 65.4 Å². The van der Waals surface area contributed by atoms with Gasteiger partial charge in [-0.1, -0.05) is 140 Å². The zero-order valence-corrected chi connectivity index (χ0v) is 38.1. The van der Waals surface area contributed by atoms with E-state index in [9.17, 15) is 0 Å². The van der Waals surface area contributed by atoms with E-state index in [1.807, 2.05) is 12.1 Å². The summed E-state index contributed by atoms with van der Waals surface area (Å²) in [6.45, 7) is 2.48. The molecule has 0 saturated heterocycles. The molecule has 0 atom stereocenters. The zero-order chi connectivity index (χ0) is 46.1. The number of hydrogen-bond donors (Lipinski definition) is 0. The maximum atomic E-state index is 7.36. The van der Waals surface area contributed by atoms with Crippen molar-refractivity contribution in [3.8, 4) is 34.4 Å². The summed E-state index contributed by atoms with van der Waals surface area (Å²) in [6.07, 6.45) is 4.48. The van der Waals surface area contributed by atoms with Gasteiger partial charge in [-0.2, -0.15) is 0 Å². The molecule has 332 valence electrons. The third kappa shape index (κ3) is 6.91. The molecule has 8 nitrogen and oxygen atoms in total. The van der Waals surface area contributed by atoms with Crippen molar-refractivity contribution in [1.29, 1.82) is 0 Å². The Bertz CT molecular complexity index is 3960. The molecule has 0 spiro atoms. The van der Waals surface area contributed by atoms with E-state index >= 15 is 0 Å². The van der Waals surface area contributed by atoms with E-state index in [-0.39, 0.29) is 0 Å². The van der Waals surface area contributed by atoms with Crippen LogP contribution in [0.4, 0.5) is 0 Å². The predicted octanol–water partition coefficient (Wildman–Crippen LogP) is 13.3. The molecular formula is C62H44N6O2+2. The van der Waals surface area contributed by atoms with E-state index < -0.39 is 0 Å². The Labute approximate surface area is 403 Å². The van der Waals surface area contributed by atoms with Gasteiger partial charge in [0.2, 0.25) is 24.4 Å². The van der Waals surface area contributed by atoms with E-state index in [2.05, 4.69) is 225 Å². The van der Waals surface area contributed by atoms with Crippen LogP contribution in [0.25, 0.3) is 76.5 Å². The second-order valence-electron chi connectivity index (χ2n) is 18.4. The number of benzene rings is 9. The van der Waals surface area contributed by atoms with Crippen LogP contribution in [0.2, 0.25) is 0 Å². The van der Waals surface area contributed by atoms with Crippen LogP contribution in [-0.2, 0) is 26.2 Å². The molecule has 6 bridgehead atoms. The summed E-state index contributed by atoms with van der Waals surface area (Å²) in [6, 6.07) is 72.8. The smallest absolute Gasteiger partial charge is 0.245 e. The van der Waals surface area contributed by atoms with E-state index in [1.165, 1.54) is 11.1 Å². The average Bonchev–Trinajstić information content (AvgIpc) is 3.92. The van der Waals surface area contributed by atoms with Crippen LogP contribution in [0.3, 0.4) is 0 Å². The molecule has 8 heteroatoms. The fraction of sp³-hybridized carbons (Fsp3) is 0.0645. The first-order chi connectivity index (χ1) is 34.6. The first kappa shape index (κ1) is 40.0. The molecule has 0 radical (unpaired) electrons. The highest BCUT2D eigenvalue weighted by Crippen LogP contribution is 2.48. The Balaban J connectivity index is 1.04. The molecule has 0 amide bonds. The number of pyridine rings is 2. The summed E-state index contributed by atoms with van der Waals surface area (Å²) < 4.78 is 24.1. The molecule has 14 rings (SSSR count). The Morgan fingerprint density at radius 1 is 0.386 bits per heavy atom. The van der Waals surface area contributed by atoms with Gasteiger partial charge in [-0.15, -0.1) is 0 Å². The van der Waals surface area contributed by atoms with E-state index in [4.69, 9.17) is 19.4 Å². The Hall–Kier alpha value is -9.14. The molecule has 0 fully saturated rings. The minimum atomic E-state index is 0.531. The van der Waals surface area contributed by atoms with Crippen molar-refractivity contribution in [1.82, 2.24) is 19.1 Å². The maximum absolute atomic E-state index is 7.36. The van der Waals surface area contributed by atoms with Gasteiger partial charge in [0.1, 0.15) is 37.7 Å². The summed E-state index contributed by atoms with van der Waals surface area (Å²) in [5, 5.41) is 6.32. The highest BCUT2D eigenvalue weighted by atomic mass is 16.5. The van der Waals surface area contributed by atoms with E-state index in [0.29, 0.717) is 49.4 Å². The van der Waals surface area contributed by atoms with Gasteiger partial charge in [0, 0.05) is 21.9 Å². The standard InChI is InChI=1S/C62H44N6O2/c1-5-20-49-43(16-1)28-30-57-59(49)60-50-21-6-2-17-44(50)29-31-58(60)70-62-48(34-46-19-4-8-23-52(46)64-62)38-68-40-66(54-25-10-12-27-56(54)68)36-42-15-13-14-41(32-42)35-65-39-67(55-26-11-9-24-53(55)65)37-47-33-45-18-3-7-22-51(45)63-61(47)69-57/h1-34,39-40H,35-38H2/q+2. The number of para-hydroxylation sites is 6. The van der Waals surface area contributed by atoms with Gasteiger partial charge in [-0.05, 0) is 99.4 Å². The normalized spacial score (nSPS) is 12.9. The lowest BCUT2D eigenvalue weighted by atomic mass is 9.92. The molecule has 5 heterocycles. The first-order valence-electron chi connectivity index (χ1n) is 23.8. The quantitative estimate of drug-likeness (QED) is 0.142. The van der Waals surface area contributed by atoms with Gasteiger partial charge in [0.25, 0.3) is 0 Å². The highest BCUT2D eigenvalue weighted by molar-refractivity contribution is 6.10. The van der Waals surface area contributed by atoms with E-state index in [0.717, 1.165) is 87.7 Å². The third-order valence-electron chi connectivity index (χ3n) is 13.9. The number of ether oxygens (including phenoxy) is 2. The van der Waals surface area contributed by atoms with Gasteiger partial charge in [0.05, 0.1) is 22.2 Å². The number of hydrogen-bond acceptors (Lipinski definition) is 4. The van der Waals surface area contributed by atoms with Gasteiger partial charge in [0.15, 0.2) is 22.1 Å². The van der Waals surface area contributed by atoms with Crippen LogP contribution in [0.1, 0.15) is 22.3 Å². The van der Waals surface area contributed by atoms with Crippen molar-refractivity contribution in [3.05, 3.63) is 241 Å². The van der Waals surface area contributed by atoms with Crippen molar-refractivity contribution in [2.45, 2.75) is 26.2 Å². The number of fused-ring (bicyclic) bond motifs is 23. The molecule has 13 aromatic rings. The zero-order valence-electron chi connectivity index (χ0n) is 38.1. The SMILES string of the molecule is c1cc2cc(c1)C[n+]1cn(c3ccccc31)Cc1cc3ccccc3nc1Oc1ccc3ccccc3c1-c1c(ccc3ccccc13)Oc1nc3ccccc3cc1Cn1c[n+](c3ccccc31)C2. The minimum Gasteiger partial charge on any atom is -0.438 e. The second kappa shape index (κ2) is 16.3. The van der Waals surface area contributed by atoms with Crippen LogP contribution in [-0.4, -0.2) is 19.1 Å². The van der Waals surface area contributed by atoms with Gasteiger partial charge in [-0.25, -0.2) is 28.2 Å². The lowest BCUT2D eigenvalue weighted by Gasteiger charge is -2.20. The summed E-state index contributed by atoms with van der Waals surface area (Å²) in [5.41, 5.74) is 12.5. The fourth-order valence-corrected chi connectivity index (χ4v) is 10.7. The Morgan fingerprint density at radius 2 is 0.814 bits per heavy atom. The Kier molecular flexibility index (Phi) is 9.30. The number of nitrogens with zero attached hydrogens (tertiary/aromatic N) is 6. The number of aromatic nitrogens is 6. The summed E-state index contributed by atoms with van der Waals surface area (Å²) in [7, 11) is 0. The lowest BCUT2D eigenvalue weighted by molar-refractivity contribution is -0.664. The van der Waals surface area contributed by atoms with Crippen molar-refractivity contribution < 1.29 is 18.6 Å². The summed E-state index contributed by atoms with van der Waals surface area (Å²) in [5.74, 6) is 2.43. The largest absolute Gasteiger partial charge is 0.438 e. The van der Waals surface area contributed by atoms with Crippen LogP contribution in [0, 0.1) is 0 Å². The fourth-order valence-electron chi connectivity index (χ4n) is 10.7. The Morgan fingerprint density at radius 3 is 1.31 bits per heavy atom. The summed E-state index contributed by atoms with van der Waals surface area (Å²) in [4.78, 5) is 10.6. The maximum Gasteiger partial charge on any atom is 0.245 e. The van der Waals surface area contributed by atoms with Crippen molar-refractivity contribution in [2.24, 2.45) is 0 Å². The molecule has 9 aromatic carbocycles. The molecule has 0 aliphatic carbocycles. The monoisotopic (exact) mass is 904 g/mol. The van der Waals surface area contributed by atoms with Gasteiger partial charge in [-0.3, -0.25) is 0 Å². The van der Waals surface area contributed by atoms with E-state index in [1.54, 1.807) is 0 Å². The van der Waals surface area contributed by atoms with Crippen LogP contribution in [0.5, 0.6) is 23.3 Å². The molecule has 0 N–H and O–H groups in total. The highest BCUT2D eigenvalue weighted by Gasteiger charge is 2.26. The molecule has 4 aromatic heterocycles. The summed E-state index contributed by atoms with van der Waals surface area (Å²) >= 11 is 0. The molecule has 1 aliphatic rings. The second-order valence-corrected chi connectivity index (χ2v) is 18.4. The minimum absolute atomic E-state index is 0.531. The molecule has 70 heavy (non-hydrogen) atoms. The topological polar surface area (TPSA) is 61.9 Å². The van der Waals surface area contributed by atoms with Crippen LogP contribution in [0.15, 0.2) is 219 Å². The average molecular weight is 905 g/mol. The van der Waals surface area contributed by atoms with Gasteiger partial charge < -0.3 is 9.47 Å². The molecule has 0 unspecified atom stereocenters. The first-order valence-corrected chi connectivity index (χ1v) is 23.8. The van der Waals surface area contributed by atoms with Crippen molar-refractivity contribution in [2.75, 3.05) is 0 Å². The number of imidazole rings is 2. The predicted molar refractivity (Wildman–Crippen MR) is 278 cm³/mol. The molecular weight excluding hydrogens is 861 g/mol. The van der Waals surface area contributed by atoms with Crippen LogP contribution < -0.4 is 18.6 Å². The third-order valence-corrected chi connectivity index (χ3v) is 13.9.